The number of carboxylic acids is 1. The van der Waals surface area contributed by atoms with Crippen molar-refractivity contribution in [3.63, 3.8) is 0 Å². The van der Waals surface area contributed by atoms with Crippen LogP contribution < -0.4 is 4.74 Å². The van der Waals surface area contributed by atoms with Crippen molar-refractivity contribution in [2.45, 2.75) is 25.8 Å². The Morgan fingerprint density at radius 3 is 2.28 bits per heavy atom. The molecule has 5 heteroatoms. The second kappa shape index (κ2) is 9.47. The number of methoxy groups -OCH3 is 1. The zero-order valence-electron chi connectivity index (χ0n) is 14.4. The average Bonchev–Trinajstić information content (AvgIpc) is 2.62. The molecular formula is C20H23NO4. The number of benzene rings is 2. The number of amides is 1. The number of aliphatic carboxylic acids is 1. The Bertz CT molecular complexity index is 683. The van der Waals surface area contributed by atoms with Crippen LogP contribution in [0.15, 0.2) is 54.6 Å². The van der Waals surface area contributed by atoms with Crippen LogP contribution in [0.25, 0.3) is 0 Å². The fourth-order valence-corrected chi connectivity index (χ4v) is 2.55. The molecule has 0 unspecified atom stereocenters. The van der Waals surface area contributed by atoms with Gasteiger partial charge < -0.3 is 14.7 Å². The summed E-state index contributed by atoms with van der Waals surface area (Å²) in [6.07, 6.45) is 0.779. The van der Waals surface area contributed by atoms with Crippen molar-refractivity contribution in [2.24, 2.45) is 0 Å². The highest BCUT2D eigenvalue weighted by atomic mass is 16.5. The minimum atomic E-state index is -0.845. The molecule has 0 aliphatic heterocycles. The fraction of sp³-hybridized carbons (Fsp3) is 0.300. The number of hydrogen-bond donors (Lipinski definition) is 1. The zero-order valence-corrected chi connectivity index (χ0v) is 14.4. The normalized spacial score (nSPS) is 10.3. The maximum atomic E-state index is 12.7. The third kappa shape index (κ3) is 6.30. The van der Waals surface area contributed by atoms with Gasteiger partial charge in [-0.25, -0.2) is 0 Å². The van der Waals surface area contributed by atoms with Crippen LogP contribution in [0.5, 0.6) is 5.75 Å². The topological polar surface area (TPSA) is 66.8 Å². The monoisotopic (exact) mass is 341 g/mol. The highest BCUT2D eigenvalue weighted by Crippen LogP contribution is 2.14. The minimum Gasteiger partial charge on any atom is -0.497 e. The first-order chi connectivity index (χ1) is 12.1. The molecule has 0 spiro atoms. The van der Waals surface area contributed by atoms with Gasteiger partial charge in [-0.05, 0) is 29.7 Å². The van der Waals surface area contributed by atoms with Gasteiger partial charge in [0.05, 0.1) is 13.5 Å². The van der Waals surface area contributed by atoms with Gasteiger partial charge in [0.25, 0.3) is 0 Å². The third-order valence-electron chi connectivity index (χ3n) is 3.90. The number of ether oxygens (including phenoxy) is 1. The summed E-state index contributed by atoms with van der Waals surface area (Å²) in [6, 6.07) is 17.1. The van der Waals surface area contributed by atoms with Gasteiger partial charge in [0.15, 0.2) is 0 Å². The van der Waals surface area contributed by atoms with Crippen LogP contribution in [0.4, 0.5) is 0 Å². The van der Waals surface area contributed by atoms with Crippen LogP contribution in [0, 0.1) is 0 Å². The molecule has 0 saturated carbocycles. The lowest BCUT2D eigenvalue weighted by Gasteiger charge is -2.23. The second-order valence-corrected chi connectivity index (χ2v) is 5.82. The molecule has 0 aromatic heterocycles. The van der Waals surface area contributed by atoms with Crippen LogP contribution in [-0.4, -0.2) is 35.5 Å². The summed E-state index contributed by atoms with van der Waals surface area (Å²) in [5.41, 5.74) is 1.93. The Hall–Kier alpha value is -2.82. The van der Waals surface area contributed by atoms with Crippen LogP contribution in [0.1, 0.15) is 24.0 Å². The summed E-state index contributed by atoms with van der Waals surface area (Å²) in [6.45, 7) is 0.908. The van der Waals surface area contributed by atoms with Gasteiger partial charge in [-0.1, -0.05) is 42.5 Å². The zero-order chi connectivity index (χ0) is 18.1. The summed E-state index contributed by atoms with van der Waals surface area (Å²) in [5.74, 6) is -0.111. The van der Waals surface area contributed by atoms with Gasteiger partial charge in [-0.15, -0.1) is 0 Å². The van der Waals surface area contributed by atoms with Crippen LogP contribution in [0.3, 0.4) is 0 Å². The van der Waals surface area contributed by atoms with Gasteiger partial charge in [0, 0.05) is 19.5 Å². The Balaban J connectivity index is 2.03. The SMILES string of the molecule is COc1ccc(CC(=O)N(CCCC(=O)O)Cc2ccccc2)cc1. The molecular weight excluding hydrogens is 318 g/mol. The van der Waals surface area contributed by atoms with Crippen molar-refractivity contribution in [3.8, 4) is 5.75 Å². The first-order valence-corrected chi connectivity index (χ1v) is 8.25. The lowest BCUT2D eigenvalue weighted by atomic mass is 10.1. The molecule has 0 aliphatic rings. The molecule has 2 aromatic carbocycles. The van der Waals surface area contributed by atoms with Crippen molar-refractivity contribution in [3.05, 3.63) is 65.7 Å². The van der Waals surface area contributed by atoms with E-state index in [0.717, 1.165) is 16.9 Å². The Kier molecular flexibility index (Phi) is 7.01. The third-order valence-corrected chi connectivity index (χ3v) is 3.90. The molecule has 2 rings (SSSR count). The largest absolute Gasteiger partial charge is 0.497 e. The lowest BCUT2D eigenvalue weighted by molar-refractivity contribution is -0.138. The standard InChI is InChI=1S/C20H23NO4/c1-25-18-11-9-16(10-12-18)14-19(22)21(13-5-8-20(23)24)15-17-6-3-2-4-7-17/h2-4,6-7,9-12H,5,8,13-15H2,1H3,(H,23,24). The van der Waals surface area contributed by atoms with Gasteiger partial charge in [-0.2, -0.15) is 0 Å². The van der Waals surface area contributed by atoms with Crippen LogP contribution >= 0.6 is 0 Å². The summed E-state index contributed by atoms with van der Waals surface area (Å²) in [7, 11) is 1.60. The molecule has 0 fully saturated rings. The van der Waals surface area contributed by atoms with Crippen molar-refractivity contribution in [2.75, 3.05) is 13.7 Å². The lowest BCUT2D eigenvalue weighted by Crippen LogP contribution is -2.33. The van der Waals surface area contributed by atoms with E-state index < -0.39 is 5.97 Å². The van der Waals surface area contributed by atoms with Crippen molar-refractivity contribution < 1.29 is 19.4 Å². The number of carbonyl (C=O) groups is 2. The number of carboxylic acid groups (broad SMARTS) is 1. The number of rotatable bonds is 9. The van der Waals surface area contributed by atoms with E-state index >= 15 is 0 Å². The molecule has 0 heterocycles. The first-order valence-electron chi connectivity index (χ1n) is 8.25. The molecule has 1 N–H and O–H groups in total. The fourth-order valence-electron chi connectivity index (χ4n) is 2.55. The molecule has 2 aromatic rings. The molecule has 0 bridgehead atoms. The van der Waals surface area contributed by atoms with Gasteiger partial charge in [0.1, 0.15) is 5.75 Å². The Morgan fingerprint density at radius 1 is 1.00 bits per heavy atom. The molecule has 0 atom stereocenters. The van der Waals surface area contributed by atoms with Gasteiger partial charge in [0.2, 0.25) is 5.91 Å². The number of nitrogens with zero attached hydrogens (tertiary/aromatic N) is 1. The van der Waals surface area contributed by atoms with Crippen molar-refractivity contribution >= 4 is 11.9 Å². The van der Waals surface area contributed by atoms with Crippen LogP contribution in [0.2, 0.25) is 0 Å². The Morgan fingerprint density at radius 2 is 1.68 bits per heavy atom. The number of hydrogen-bond acceptors (Lipinski definition) is 3. The predicted molar refractivity (Wildman–Crippen MR) is 95.4 cm³/mol. The molecule has 25 heavy (non-hydrogen) atoms. The minimum absolute atomic E-state index is 0.0144. The summed E-state index contributed by atoms with van der Waals surface area (Å²) < 4.78 is 5.13. The maximum Gasteiger partial charge on any atom is 0.303 e. The van der Waals surface area contributed by atoms with E-state index in [1.807, 2.05) is 54.6 Å². The van der Waals surface area contributed by atoms with E-state index in [1.54, 1.807) is 12.0 Å². The number of carbonyl (C=O) groups excluding carboxylic acids is 1. The first kappa shape index (κ1) is 18.5. The maximum absolute atomic E-state index is 12.7. The van der Waals surface area contributed by atoms with Crippen LogP contribution in [-0.2, 0) is 22.6 Å². The summed E-state index contributed by atoms with van der Waals surface area (Å²) in [4.78, 5) is 25.2. The molecule has 0 saturated heterocycles. The smallest absolute Gasteiger partial charge is 0.303 e. The Labute approximate surface area is 147 Å². The quantitative estimate of drug-likeness (QED) is 0.761. The van der Waals surface area contributed by atoms with E-state index in [9.17, 15) is 9.59 Å². The molecule has 132 valence electrons. The predicted octanol–water partition coefficient (Wildman–Crippen LogP) is 3.13. The van der Waals surface area contributed by atoms with Gasteiger partial charge in [-0.3, -0.25) is 9.59 Å². The van der Waals surface area contributed by atoms with Crippen molar-refractivity contribution in [1.29, 1.82) is 0 Å². The summed E-state index contributed by atoms with van der Waals surface area (Å²) in [5, 5.41) is 8.82. The second-order valence-electron chi connectivity index (χ2n) is 5.82. The van der Waals surface area contributed by atoms with Crippen molar-refractivity contribution in [1.82, 2.24) is 4.90 Å². The van der Waals surface area contributed by atoms with E-state index in [-0.39, 0.29) is 18.7 Å². The summed E-state index contributed by atoms with van der Waals surface area (Å²) >= 11 is 0. The molecule has 0 radical (unpaired) electrons. The molecule has 0 aliphatic carbocycles. The van der Waals surface area contributed by atoms with E-state index in [2.05, 4.69) is 0 Å². The molecule has 5 nitrogen and oxygen atoms in total. The average molecular weight is 341 g/mol. The molecule has 1 amide bonds. The highest BCUT2D eigenvalue weighted by Gasteiger charge is 2.15. The van der Waals surface area contributed by atoms with Gasteiger partial charge >= 0.3 is 5.97 Å². The van der Waals surface area contributed by atoms with E-state index in [1.165, 1.54) is 0 Å². The highest BCUT2D eigenvalue weighted by molar-refractivity contribution is 5.79. The van der Waals surface area contributed by atoms with E-state index in [0.29, 0.717) is 19.5 Å². The van der Waals surface area contributed by atoms with E-state index in [4.69, 9.17) is 9.84 Å².